The maximum absolute atomic E-state index is 15.9. The van der Waals surface area contributed by atoms with Crippen molar-refractivity contribution < 1.29 is 37.6 Å². The molecule has 40 heavy (non-hydrogen) atoms. The van der Waals surface area contributed by atoms with Crippen molar-refractivity contribution in [1.82, 2.24) is 25.8 Å². The van der Waals surface area contributed by atoms with Gasteiger partial charge in [0.2, 0.25) is 17.4 Å². The van der Waals surface area contributed by atoms with Gasteiger partial charge in [-0.2, -0.15) is 0 Å². The van der Waals surface area contributed by atoms with E-state index in [0.29, 0.717) is 5.56 Å². The first-order valence-electron chi connectivity index (χ1n) is 12.1. The molecular weight excluding hydrogens is 529 g/mol. The number of aromatic nitrogens is 3. The minimum Gasteiger partial charge on any atom is -0.447 e. The lowest BCUT2D eigenvalue weighted by Gasteiger charge is -2.52. The number of urea groups is 1. The molecular formula is C25H26FN7O7. The number of morpholine rings is 1. The number of amides is 5. The number of imide groups is 2. The predicted molar refractivity (Wildman–Crippen MR) is 136 cm³/mol. The monoisotopic (exact) mass is 555 g/mol. The molecule has 4 aliphatic rings. The van der Waals surface area contributed by atoms with E-state index in [9.17, 15) is 19.2 Å². The van der Waals surface area contributed by atoms with Crippen molar-refractivity contribution in [3.05, 3.63) is 42.2 Å². The fraction of sp³-hybridized carbons (Fsp3) is 0.400. The number of nitrogens with one attached hydrogen (secondary N) is 2. The fourth-order valence-corrected chi connectivity index (χ4v) is 5.45. The average molecular weight is 556 g/mol. The zero-order valence-corrected chi connectivity index (χ0v) is 20.5. The van der Waals surface area contributed by atoms with Gasteiger partial charge in [0.1, 0.15) is 12.9 Å². The van der Waals surface area contributed by atoms with E-state index in [1.807, 2.05) is 0 Å². The van der Waals surface area contributed by atoms with Gasteiger partial charge in [-0.15, -0.1) is 0 Å². The Bertz CT molecular complexity index is 1450. The Hall–Kier alpha value is -4.66. The van der Waals surface area contributed by atoms with Crippen LogP contribution < -0.4 is 20.4 Å². The van der Waals surface area contributed by atoms with E-state index in [0.717, 1.165) is 0 Å². The Morgan fingerprint density at radius 3 is 2.45 bits per heavy atom. The van der Waals surface area contributed by atoms with Crippen LogP contribution in [0.3, 0.4) is 0 Å². The van der Waals surface area contributed by atoms with Crippen LogP contribution >= 0.6 is 0 Å². The first kappa shape index (κ1) is 26.9. The van der Waals surface area contributed by atoms with Crippen molar-refractivity contribution in [3.8, 4) is 0 Å². The van der Waals surface area contributed by atoms with Crippen LogP contribution in [0.1, 0.15) is 19.9 Å². The second-order valence-corrected chi connectivity index (χ2v) is 9.45. The molecule has 3 fully saturated rings. The van der Waals surface area contributed by atoms with Crippen LogP contribution in [-0.4, -0.2) is 77.5 Å². The van der Waals surface area contributed by atoms with E-state index in [-0.39, 0.29) is 68.7 Å². The number of carbonyl (C=O) groups is 4. The van der Waals surface area contributed by atoms with Crippen LogP contribution in [0.5, 0.6) is 0 Å². The Labute approximate surface area is 226 Å². The maximum atomic E-state index is 15.9. The number of fused-ring (bicyclic) bond motifs is 5. The highest BCUT2D eigenvalue weighted by molar-refractivity contribution is 6.20. The van der Waals surface area contributed by atoms with E-state index in [1.54, 1.807) is 36.4 Å². The number of halogens is 1. The number of benzene rings is 1. The van der Waals surface area contributed by atoms with Crippen LogP contribution in [0.15, 0.2) is 35.4 Å². The highest BCUT2D eigenvalue weighted by Gasteiger charge is 2.61. The number of ether oxygens (including phenoxy) is 2. The van der Waals surface area contributed by atoms with Gasteiger partial charge in [-0.05, 0) is 24.6 Å². The molecule has 3 aromatic rings. The van der Waals surface area contributed by atoms with E-state index >= 15 is 4.39 Å². The molecule has 0 radical (unpaired) electrons. The molecule has 1 unspecified atom stereocenters. The number of nitrogens with zero attached hydrogens (tertiary/aromatic N) is 5. The van der Waals surface area contributed by atoms with Gasteiger partial charge in [-0.1, -0.05) is 12.6 Å². The molecule has 0 aliphatic carbocycles. The molecule has 0 saturated carbocycles. The summed E-state index contributed by atoms with van der Waals surface area (Å²) in [5.41, 5.74) is -1.34. The molecule has 3 saturated heterocycles. The quantitative estimate of drug-likeness (QED) is 0.418. The van der Waals surface area contributed by atoms with Crippen molar-refractivity contribution in [2.75, 3.05) is 36.1 Å². The minimum absolute atomic E-state index is 0. The Morgan fingerprint density at radius 2 is 1.85 bits per heavy atom. The summed E-state index contributed by atoms with van der Waals surface area (Å²) >= 11 is 0. The van der Waals surface area contributed by atoms with Crippen molar-refractivity contribution in [3.63, 3.8) is 0 Å². The molecule has 2 atom stereocenters. The van der Waals surface area contributed by atoms with Gasteiger partial charge < -0.3 is 18.9 Å². The van der Waals surface area contributed by atoms with Crippen molar-refractivity contribution in [2.24, 2.45) is 5.41 Å². The standard InChI is InChI=1S/C20H18FN5O7.C4H4N2.CH4/c1-8-6-26-11(7-32-8)20(16(27)22-18(29)23-17(20)28)5-9-4-10-14(12(21)13(9)26)33-24-15(10)25-2-3-31-19(25)30;1-2-5-4-6-3-1;/h4,8,11H,2-3,5-7H2,1H3,(H2,22,23,27,28,29);1-4H;1H4/t8-,11?;;/m1../s1. The number of hydrogen-bond donors (Lipinski definition) is 2. The van der Waals surface area contributed by atoms with Gasteiger partial charge in [0.25, 0.3) is 0 Å². The van der Waals surface area contributed by atoms with Gasteiger partial charge in [0, 0.05) is 25.4 Å². The molecule has 0 bridgehead atoms. The second-order valence-electron chi connectivity index (χ2n) is 9.45. The smallest absolute Gasteiger partial charge is 0.415 e. The van der Waals surface area contributed by atoms with E-state index < -0.39 is 41.2 Å². The average Bonchev–Trinajstić information content (AvgIpc) is 3.54. The van der Waals surface area contributed by atoms with Gasteiger partial charge in [-0.25, -0.2) is 23.9 Å². The minimum atomic E-state index is -1.72. The predicted octanol–water partition coefficient (Wildman–Crippen LogP) is 1.54. The molecule has 2 N–H and O–H groups in total. The zero-order valence-electron chi connectivity index (χ0n) is 20.5. The third kappa shape index (κ3) is 4.09. The Balaban J connectivity index is 0.000000411. The molecule has 14 nitrogen and oxygen atoms in total. The van der Waals surface area contributed by atoms with Crippen LogP contribution in [0.25, 0.3) is 11.0 Å². The van der Waals surface area contributed by atoms with Crippen molar-refractivity contribution in [1.29, 1.82) is 0 Å². The van der Waals surface area contributed by atoms with Crippen LogP contribution in [0.2, 0.25) is 0 Å². The molecule has 2 aromatic heterocycles. The lowest BCUT2D eigenvalue weighted by atomic mass is 9.68. The number of rotatable bonds is 1. The summed E-state index contributed by atoms with van der Waals surface area (Å²) in [6, 6.07) is 1.59. The molecule has 1 aromatic carbocycles. The summed E-state index contributed by atoms with van der Waals surface area (Å²) in [5.74, 6) is -2.17. The lowest BCUT2D eigenvalue weighted by Crippen LogP contribution is -2.73. The summed E-state index contributed by atoms with van der Waals surface area (Å²) in [6.45, 7) is 2.36. The maximum Gasteiger partial charge on any atom is 0.415 e. The molecule has 15 heteroatoms. The van der Waals surface area contributed by atoms with Crippen LogP contribution in [-0.2, 0) is 25.5 Å². The number of cyclic esters (lactones) is 1. The number of barbiturate groups is 1. The van der Waals surface area contributed by atoms with E-state index in [4.69, 9.17) is 14.0 Å². The van der Waals surface area contributed by atoms with Gasteiger partial charge in [0.15, 0.2) is 17.1 Å². The first-order chi connectivity index (χ1) is 18.8. The summed E-state index contributed by atoms with van der Waals surface area (Å²) in [5, 5.41) is 8.44. The summed E-state index contributed by atoms with van der Waals surface area (Å²) in [6.07, 6.45) is 3.75. The van der Waals surface area contributed by atoms with E-state index in [1.165, 1.54) is 11.2 Å². The van der Waals surface area contributed by atoms with Crippen LogP contribution in [0, 0.1) is 11.2 Å². The van der Waals surface area contributed by atoms with Crippen molar-refractivity contribution in [2.45, 2.75) is 32.9 Å². The molecule has 4 aliphatic heterocycles. The number of carbonyl (C=O) groups excluding carboxylic acids is 4. The van der Waals surface area contributed by atoms with Gasteiger partial charge >= 0.3 is 12.1 Å². The number of hydrogen-bond acceptors (Lipinski definition) is 11. The van der Waals surface area contributed by atoms with Crippen LogP contribution in [0.4, 0.5) is 25.5 Å². The van der Waals surface area contributed by atoms with E-state index in [2.05, 4.69) is 25.8 Å². The highest BCUT2D eigenvalue weighted by Crippen LogP contribution is 2.48. The summed E-state index contributed by atoms with van der Waals surface area (Å²) in [7, 11) is 0. The SMILES string of the molecule is C.C[C@@H]1CN2c3c(cc4c(N5CCOC5=O)noc4c3F)CC3(C(=O)NC(=O)NC3=O)C2CO1.c1cncnc1. The fourth-order valence-electron chi connectivity index (χ4n) is 5.45. The normalized spacial score (nSPS) is 22.9. The molecule has 6 heterocycles. The summed E-state index contributed by atoms with van der Waals surface area (Å²) in [4.78, 5) is 60.2. The van der Waals surface area contributed by atoms with Gasteiger partial charge in [-0.3, -0.25) is 25.1 Å². The third-order valence-electron chi connectivity index (χ3n) is 7.19. The molecule has 1 spiro atoms. The molecule has 210 valence electrons. The molecule has 5 amide bonds. The second kappa shape index (κ2) is 10.1. The zero-order chi connectivity index (χ0) is 27.3. The van der Waals surface area contributed by atoms with Gasteiger partial charge in [0.05, 0.1) is 36.4 Å². The third-order valence-corrected chi connectivity index (χ3v) is 7.19. The van der Waals surface area contributed by atoms with Crippen molar-refractivity contribution >= 4 is 46.4 Å². The largest absolute Gasteiger partial charge is 0.447 e. The Morgan fingerprint density at radius 1 is 1.12 bits per heavy atom. The number of anilines is 2. The summed E-state index contributed by atoms with van der Waals surface area (Å²) < 4.78 is 31.8. The first-order valence-corrected chi connectivity index (χ1v) is 12.1. The lowest BCUT2D eigenvalue weighted by molar-refractivity contribution is -0.149. The molecule has 7 rings (SSSR count). The Kier molecular flexibility index (Phi) is 6.83. The topological polar surface area (TPSA) is 169 Å². The highest BCUT2D eigenvalue weighted by atomic mass is 19.1.